The number of aromatic nitrogens is 4. The van der Waals surface area contributed by atoms with Crippen LogP contribution in [0.2, 0.25) is 0 Å². The summed E-state index contributed by atoms with van der Waals surface area (Å²) in [5, 5.41) is 10.3. The molecule has 1 amide bonds. The quantitative estimate of drug-likeness (QED) is 0.611. The number of hydrogen-bond acceptors (Lipinski definition) is 5. The summed E-state index contributed by atoms with van der Waals surface area (Å²) >= 11 is 0. The molecule has 1 N–H and O–H groups in total. The summed E-state index contributed by atoms with van der Waals surface area (Å²) in [7, 11) is 0. The van der Waals surface area contributed by atoms with Crippen molar-refractivity contribution in [1.82, 2.24) is 19.7 Å². The number of nitrogens with zero attached hydrogens (tertiary/aromatic N) is 4. The molecule has 0 fully saturated rings. The normalized spacial score (nSPS) is 10.7. The zero-order valence-corrected chi connectivity index (χ0v) is 13.3. The number of hydrogen-bond donors (Lipinski definition) is 1. The molecule has 0 bridgehead atoms. The number of imidazole rings is 1. The maximum absolute atomic E-state index is 13.1. The largest absolute Gasteiger partial charge is 0.423 e. The van der Waals surface area contributed by atoms with Crippen molar-refractivity contribution in [3.05, 3.63) is 79.0 Å². The first-order chi connectivity index (χ1) is 12.7. The lowest BCUT2D eigenvalue weighted by Crippen LogP contribution is -2.16. The second-order valence-electron chi connectivity index (χ2n) is 5.40. The first kappa shape index (κ1) is 15.7. The van der Waals surface area contributed by atoms with Crippen LogP contribution in [-0.4, -0.2) is 25.7 Å². The lowest BCUT2D eigenvalue weighted by atomic mass is 10.2. The molecule has 0 atom stereocenters. The molecule has 26 heavy (non-hydrogen) atoms. The Morgan fingerprint density at radius 2 is 2.00 bits per heavy atom. The summed E-state index contributed by atoms with van der Waals surface area (Å²) in [6, 6.07) is 12.8. The van der Waals surface area contributed by atoms with Crippen molar-refractivity contribution >= 4 is 11.6 Å². The van der Waals surface area contributed by atoms with Gasteiger partial charge in [-0.25, -0.2) is 9.37 Å². The Balaban J connectivity index is 1.59. The Labute approximate surface area is 147 Å². The van der Waals surface area contributed by atoms with Crippen molar-refractivity contribution < 1.29 is 13.6 Å². The predicted octanol–water partition coefficient (Wildman–Crippen LogP) is 3.31. The molecule has 0 aliphatic heterocycles. The van der Waals surface area contributed by atoms with Crippen LogP contribution in [0.3, 0.4) is 0 Å². The van der Waals surface area contributed by atoms with Crippen LogP contribution >= 0.6 is 0 Å². The van der Waals surface area contributed by atoms with Gasteiger partial charge >= 0.3 is 0 Å². The first-order valence-electron chi connectivity index (χ1n) is 7.67. The third-order valence-corrected chi connectivity index (χ3v) is 3.70. The standard InChI is InChI=1S/C18H12FN5O2/c19-13-4-6-15(7-5-13)24-10-20-9-16(24)17(25)22-14-3-1-2-12(8-14)18-23-21-11-26-18/h1-11H,(H,22,25). The van der Waals surface area contributed by atoms with Crippen molar-refractivity contribution in [2.75, 3.05) is 5.32 Å². The summed E-state index contributed by atoms with van der Waals surface area (Å²) in [5.41, 5.74) is 2.21. The Bertz CT molecular complexity index is 1040. The van der Waals surface area contributed by atoms with Gasteiger partial charge in [-0.05, 0) is 42.5 Å². The highest BCUT2D eigenvalue weighted by atomic mass is 19.1. The van der Waals surface area contributed by atoms with Crippen molar-refractivity contribution in [2.45, 2.75) is 0 Å². The minimum atomic E-state index is -0.352. The fraction of sp³-hybridized carbons (Fsp3) is 0. The van der Waals surface area contributed by atoms with Crippen molar-refractivity contribution in [1.29, 1.82) is 0 Å². The molecule has 128 valence electrons. The maximum Gasteiger partial charge on any atom is 0.274 e. The number of anilines is 1. The minimum absolute atomic E-state index is 0.319. The van der Waals surface area contributed by atoms with E-state index in [0.717, 1.165) is 0 Å². The Hall–Kier alpha value is -3.81. The molecule has 0 aliphatic rings. The van der Waals surface area contributed by atoms with E-state index < -0.39 is 0 Å². The Morgan fingerprint density at radius 3 is 2.77 bits per heavy atom. The summed E-state index contributed by atoms with van der Waals surface area (Å²) in [4.78, 5) is 16.7. The summed E-state index contributed by atoms with van der Waals surface area (Å²) in [6.45, 7) is 0. The second kappa shape index (κ2) is 6.60. The number of rotatable bonds is 4. The van der Waals surface area contributed by atoms with Gasteiger partial charge in [-0.2, -0.15) is 0 Å². The van der Waals surface area contributed by atoms with E-state index in [9.17, 15) is 9.18 Å². The summed E-state index contributed by atoms with van der Waals surface area (Å²) in [5.74, 6) is -0.343. The second-order valence-corrected chi connectivity index (χ2v) is 5.40. The minimum Gasteiger partial charge on any atom is -0.423 e. The van der Waals surface area contributed by atoms with Gasteiger partial charge in [-0.15, -0.1) is 10.2 Å². The van der Waals surface area contributed by atoms with Gasteiger partial charge in [-0.1, -0.05) is 6.07 Å². The molecule has 2 heterocycles. The molecule has 4 aromatic rings. The zero-order chi connectivity index (χ0) is 17.9. The van der Waals surface area contributed by atoms with Crippen LogP contribution in [0.5, 0.6) is 0 Å². The maximum atomic E-state index is 13.1. The smallest absolute Gasteiger partial charge is 0.274 e. The average molecular weight is 349 g/mol. The Kier molecular flexibility index (Phi) is 3.98. The molecule has 7 nitrogen and oxygen atoms in total. The van der Waals surface area contributed by atoms with Crippen LogP contribution in [0.25, 0.3) is 17.1 Å². The van der Waals surface area contributed by atoms with Gasteiger partial charge in [0.1, 0.15) is 11.5 Å². The van der Waals surface area contributed by atoms with Gasteiger partial charge in [0.05, 0.1) is 12.5 Å². The van der Waals surface area contributed by atoms with Gasteiger partial charge in [0.15, 0.2) is 0 Å². The van der Waals surface area contributed by atoms with E-state index in [0.29, 0.717) is 28.5 Å². The lowest BCUT2D eigenvalue weighted by molar-refractivity contribution is 0.102. The third-order valence-electron chi connectivity index (χ3n) is 3.70. The Morgan fingerprint density at radius 1 is 1.15 bits per heavy atom. The van der Waals surface area contributed by atoms with Crippen LogP contribution in [0.15, 0.2) is 71.9 Å². The number of amides is 1. The molecular formula is C18H12FN5O2. The van der Waals surface area contributed by atoms with E-state index in [2.05, 4.69) is 20.5 Å². The van der Waals surface area contributed by atoms with Gasteiger partial charge in [0.2, 0.25) is 12.3 Å². The monoisotopic (exact) mass is 349 g/mol. The molecule has 0 saturated carbocycles. The molecule has 0 unspecified atom stereocenters. The van der Waals surface area contributed by atoms with Crippen molar-refractivity contribution in [2.24, 2.45) is 0 Å². The van der Waals surface area contributed by atoms with E-state index in [4.69, 9.17) is 4.42 Å². The molecule has 4 rings (SSSR count). The van der Waals surface area contributed by atoms with Crippen LogP contribution in [-0.2, 0) is 0 Å². The summed E-state index contributed by atoms with van der Waals surface area (Å²) < 4.78 is 19.8. The van der Waals surface area contributed by atoms with E-state index in [1.807, 2.05) is 0 Å². The van der Waals surface area contributed by atoms with Crippen LogP contribution in [0.1, 0.15) is 10.5 Å². The number of benzene rings is 2. The molecule has 0 spiro atoms. The molecule has 2 aromatic carbocycles. The topological polar surface area (TPSA) is 85.8 Å². The fourth-order valence-electron chi connectivity index (χ4n) is 2.49. The van der Waals surface area contributed by atoms with Gasteiger partial charge in [0.25, 0.3) is 5.91 Å². The summed E-state index contributed by atoms with van der Waals surface area (Å²) in [6.07, 6.45) is 4.18. The number of carbonyl (C=O) groups is 1. The fourth-order valence-corrected chi connectivity index (χ4v) is 2.49. The third kappa shape index (κ3) is 3.07. The van der Waals surface area contributed by atoms with Crippen LogP contribution < -0.4 is 5.32 Å². The highest BCUT2D eigenvalue weighted by Gasteiger charge is 2.14. The SMILES string of the molecule is O=C(Nc1cccc(-c2nnco2)c1)c1cncn1-c1ccc(F)cc1. The molecule has 0 radical (unpaired) electrons. The van der Waals surface area contributed by atoms with Gasteiger partial charge in [-0.3, -0.25) is 9.36 Å². The molecule has 2 aromatic heterocycles. The number of halogens is 1. The highest BCUT2D eigenvalue weighted by Crippen LogP contribution is 2.21. The average Bonchev–Trinajstić information content (AvgIpc) is 3.35. The van der Waals surface area contributed by atoms with Crippen molar-refractivity contribution in [3.63, 3.8) is 0 Å². The molecule has 0 saturated heterocycles. The number of carbonyl (C=O) groups excluding carboxylic acids is 1. The number of nitrogens with one attached hydrogen (secondary N) is 1. The van der Waals surface area contributed by atoms with Crippen molar-refractivity contribution in [3.8, 4) is 17.1 Å². The molecular weight excluding hydrogens is 337 g/mol. The first-order valence-corrected chi connectivity index (χ1v) is 7.67. The van der Waals surface area contributed by atoms with Crippen LogP contribution in [0.4, 0.5) is 10.1 Å². The van der Waals surface area contributed by atoms with Gasteiger partial charge in [0, 0.05) is 16.9 Å². The van der Waals surface area contributed by atoms with E-state index in [1.165, 1.54) is 31.1 Å². The lowest BCUT2D eigenvalue weighted by Gasteiger charge is -2.09. The van der Waals surface area contributed by atoms with E-state index in [1.54, 1.807) is 41.0 Å². The zero-order valence-electron chi connectivity index (χ0n) is 13.3. The highest BCUT2D eigenvalue weighted by molar-refractivity contribution is 6.03. The predicted molar refractivity (Wildman–Crippen MR) is 91.2 cm³/mol. The van der Waals surface area contributed by atoms with Gasteiger partial charge < -0.3 is 9.73 Å². The van der Waals surface area contributed by atoms with Crippen LogP contribution in [0, 0.1) is 5.82 Å². The molecule has 8 heteroatoms. The molecule has 0 aliphatic carbocycles. The van der Waals surface area contributed by atoms with E-state index in [-0.39, 0.29) is 11.7 Å². The van der Waals surface area contributed by atoms with E-state index >= 15 is 0 Å².